The Morgan fingerprint density at radius 1 is 1.12 bits per heavy atom. The number of aromatic nitrogens is 2. The molecule has 3 rings (SSSR count). The SMILES string of the molecule is CCCCCn1c(NCc2cc(C)ccc2O)nc2ccccc21. The Morgan fingerprint density at radius 2 is 1.96 bits per heavy atom. The Kier molecular flexibility index (Phi) is 5.04. The van der Waals surface area contributed by atoms with E-state index in [9.17, 15) is 5.11 Å². The Labute approximate surface area is 143 Å². The number of unbranched alkanes of at least 4 members (excludes halogenated alkanes) is 2. The molecule has 0 aliphatic rings. The van der Waals surface area contributed by atoms with E-state index < -0.39 is 0 Å². The van der Waals surface area contributed by atoms with Gasteiger partial charge in [0.15, 0.2) is 0 Å². The maximum Gasteiger partial charge on any atom is 0.204 e. The molecule has 0 atom stereocenters. The average molecular weight is 323 g/mol. The second-order valence-electron chi connectivity index (χ2n) is 6.27. The number of hydrogen-bond acceptors (Lipinski definition) is 3. The van der Waals surface area contributed by atoms with E-state index in [1.807, 2.05) is 31.2 Å². The minimum absolute atomic E-state index is 0.321. The summed E-state index contributed by atoms with van der Waals surface area (Å²) in [6.07, 6.45) is 3.55. The van der Waals surface area contributed by atoms with Crippen LogP contribution >= 0.6 is 0 Å². The highest BCUT2D eigenvalue weighted by Gasteiger charge is 2.10. The Hall–Kier alpha value is -2.49. The van der Waals surface area contributed by atoms with Gasteiger partial charge in [0.1, 0.15) is 5.75 Å². The third-order valence-corrected chi connectivity index (χ3v) is 4.31. The summed E-state index contributed by atoms with van der Waals surface area (Å²) >= 11 is 0. The minimum atomic E-state index is 0.321. The summed E-state index contributed by atoms with van der Waals surface area (Å²) in [5.41, 5.74) is 4.19. The lowest BCUT2D eigenvalue weighted by Crippen LogP contribution is -2.08. The molecule has 24 heavy (non-hydrogen) atoms. The van der Waals surface area contributed by atoms with Crippen molar-refractivity contribution in [3.05, 3.63) is 53.6 Å². The highest BCUT2D eigenvalue weighted by molar-refractivity contribution is 5.78. The summed E-state index contributed by atoms with van der Waals surface area (Å²) in [6.45, 7) is 5.76. The number of para-hydroxylation sites is 2. The van der Waals surface area contributed by atoms with Gasteiger partial charge < -0.3 is 15.0 Å². The van der Waals surface area contributed by atoms with Crippen LogP contribution in [0.4, 0.5) is 5.95 Å². The smallest absolute Gasteiger partial charge is 0.204 e. The van der Waals surface area contributed by atoms with Crippen molar-refractivity contribution in [3.63, 3.8) is 0 Å². The average Bonchev–Trinajstić information content (AvgIpc) is 2.94. The van der Waals surface area contributed by atoms with Gasteiger partial charge in [0.05, 0.1) is 11.0 Å². The molecule has 2 N–H and O–H groups in total. The van der Waals surface area contributed by atoms with Crippen LogP contribution < -0.4 is 5.32 Å². The van der Waals surface area contributed by atoms with Crippen molar-refractivity contribution in [2.75, 3.05) is 5.32 Å². The van der Waals surface area contributed by atoms with Crippen molar-refractivity contribution >= 4 is 17.0 Å². The lowest BCUT2D eigenvalue weighted by atomic mass is 10.1. The predicted molar refractivity (Wildman–Crippen MR) is 99.4 cm³/mol. The molecule has 0 aliphatic carbocycles. The summed E-state index contributed by atoms with van der Waals surface area (Å²) in [4.78, 5) is 4.73. The zero-order chi connectivity index (χ0) is 16.9. The summed E-state index contributed by atoms with van der Waals surface area (Å²) in [5, 5.41) is 13.4. The second kappa shape index (κ2) is 7.39. The molecule has 1 aromatic heterocycles. The van der Waals surface area contributed by atoms with Gasteiger partial charge >= 0.3 is 0 Å². The molecule has 2 aromatic carbocycles. The number of nitrogens with zero attached hydrogens (tertiary/aromatic N) is 2. The first-order chi connectivity index (χ1) is 11.7. The normalized spacial score (nSPS) is 11.1. The number of imidazole rings is 1. The van der Waals surface area contributed by atoms with Gasteiger partial charge in [-0.3, -0.25) is 0 Å². The summed E-state index contributed by atoms with van der Waals surface area (Å²) in [7, 11) is 0. The van der Waals surface area contributed by atoms with E-state index in [1.54, 1.807) is 6.07 Å². The van der Waals surface area contributed by atoms with E-state index in [0.29, 0.717) is 12.3 Å². The number of rotatable bonds is 7. The molecule has 0 amide bonds. The van der Waals surface area contributed by atoms with Crippen LogP contribution in [0.1, 0.15) is 37.3 Å². The number of benzene rings is 2. The highest BCUT2D eigenvalue weighted by atomic mass is 16.3. The summed E-state index contributed by atoms with van der Waals surface area (Å²) in [6, 6.07) is 13.9. The third kappa shape index (κ3) is 3.53. The molecule has 0 bridgehead atoms. The van der Waals surface area contributed by atoms with Crippen LogP contribution in [0.2, 0.25) is 0 Å². The number of phenolic OH excluding ortho intramolecular Hbond substituents is 1. The zero-order valence-corrected chi connectivity index (χ0v) is 14.4. The van der Waals surface area contributed by atoms with Crippen molar-refractivity contribution < 1.29 is 5.11 Å². The quantitative estimate of drug-likeness (QED) is 0.611. The number of hydrogen-bond donors (Lipinski definition) is 2. The maximum absolute atomic E-state index is 10.0. The first kappa shape index (κ1) is 16.4. The fourth-order valence-electron chi connectivity index (χ4n) is 2.99. The van der Waals surface area contributed by atoms with Gasteiger partial charge in [-0.15, -0.1) is 0 Å². The second-order valence-corrected chi connectivity index (χ2v) is 6.27. The number of nitrogens with one attached hydrogen (secondary N) is 1. The largest absolute Gasteiger partial charge is 0.508 e. The molecule has 0 radical (unpaired) electrons. The number of anilines is 1. The number of fused-ring (bicyclic) bond motifs is 1. The first-order valence-electron chi connectivity index (χ1n) is 8.66. The number of phenols is 1. The first-order valence-corrected chi connectivity index (χ1v) is 8.66. The van der Waals surface area contributed by atoms with E-state index in [2.05, 4.69) is 28.9 Å². The fourth-order valence-corrected chi connectivity index (χ4v) is 2.99. The molecule has 0 saturated carbocycles. The Morgan fingerprint density at radius 3 is 2.79 bits per heavy atom. The molecule has 0 fully saturated rings. The van der Waals surface area contributed by atoms with Crippen LogP contribution in [0.15, 0.2) is 42.5 Å². The number of aryl methyl sites for hydroxylation is 2. The minimum Gasteiger partial charge on any atom is -0.508 e. The molecular weight excluding hydrogens is 298 g/mol. The molecule has 126 valence electrons. The molecule has 0 saturated heterocycles. The van der Waals surface area contributed by atoms with E-state index in [1.165, 1.54) is 12.8 Å². The Balaban J connectivity index is 1.85. The third-order valence-electron chi connectivity index (χ3n) is 4.31. The van der Waals surface area contributed by atoms with E-state index in [4.69, 9.17) is 4.98 Å². The topological polar surface area (TPSA) is 50.1 Å². The van der Waals surface area contributed by atoms with Gasteiger partial charge in [-0.2, -0.15) is 0 Å². The van der Waals surface area contributed by atoms with Crippen molar-refractivity contribution in [1.82, 2.24) is 9.55 Å². The van der Waals surface area contributed by atoms with E-state index in [-0.39, 0.29) is 0 Å². The van der Waals surface area contributed by atoms with Crippen LogP contribution in [0, 0.1) is 6.92 Å². The maximum atomic E-state index is 10.0. The summed E-state index contributed by atoms with van der Waals surface area (Å²) in [5.74, 6) is 1.19. The van der Waals surface area contributed by atoms with Gasteiger partial charge in [-0.1, -0.05) is 49.6 Å². The van der Waals surface area contributed by atoms with Crippen LogP contribution in [0.5, 0.6) is 5.75 Å². The van der Waals surface area contributed by atoms with Crippen LogP contribution in [0.3, 0.4) is 0 Å². The van der Waals surface area contributed by atoms with Crippen LogP contribution in [-0.2, 0) is 13.1 Å². The van der Waals surface area contributed by atoms with Gasteiger partial charge in [0, 0.05) is 18.7 Å². The van der Waals surface area contributed by atoms with Gasteiger partial charge in [0.2, 0.25) is 5.95 Å². The highest BCUT2D eigenvalue weighted by Crippen LogP contribution is 2.23. The van der Waals surface area contributed by atoms with Crippen molar-refractivity contribution in [1.29, 1.82) is 0 Å². The molecule has 3 aromatic rings. The van der Waals surface area contributed by atoms with Crippen molar-refractivity contribution in [2.45, 2.75) is 46.2 Å². The monoisotopic (exact) mass is 323 g/mol. The predicted octanol–water partition coefficient (Wildman–Crippen LogP) is 4.85. The molecule has 0 spiro atoms. The van der Waals surface area contributed by atoms with Crippen LogP contribution in [0.25, 0.3) is 11.0 Å². The standard InChI is InChI=1S/C20H25N3O/c1-3-4-7-12-23-18-9-6-5-8-17(18)22-20(23)21-14-16-13-15(2)10-11-19(16)24/h5-6,8-11,13,24H,3-4,7,12,14H2,1-2H3,(H,21,22). The lowest BCUT2D eigenvalue weighted by molar-refractivity contribution is 0.469. The zero-order valence-electron chi connectivity index (χ0n) is 14.4. The molecule has 4 heteroatoms. The number of aromatic hydroxyl groups is 1. The molecule has 1 heterocycles. The van der Waals surface area contributed by atoms with Crippen molar-refractivity contribution in [3.8, 4) is 5.75 Å². The Bertz CT molecular complexity index is 823. The molecule has 4 nitrogen and oxygen atoms in total. The molecule has 0 unspecified atom stereocenters. The van der Waals surface area contributed by atoms with Crippen molar-refractivity contribution in [2.24, 2.45) is 0 Å². The molecule has 0 aliphatic heterocycles. The fraction of sp³-hybridized carbons (Fsp3) is 0.350. The summed E-state index contributed by atoms with van der Waals surface area (Å²) < 4.78 is 2.25. The van der Waals surface area contributed by atoms with E-state index in [0.717, 1.165) is 41.1 Å². The van der Waals surface area contributed by atoms with Gasteiger partial charge in [0.25, 0.3) is 0 Å². The van der Waals surface area contributed by atoms with Gasteiger partial charge in [-0.05, 0) is 31.5 Å². The molecular formula is C20H25N3O. The lowest BCUT2D eigenvalue weighted by Gasteiger charge is -2.12. The van der Waals surface area contributed by atoms with Gasteiger partial charge in [-0.25, -0.2) is 4.98 Å². The van der Waals surface area contributed by atoms with E-state index >= 15 is 0 Å². The van der Waals surface area contributed by atoms with Crippen LogP contribution in [-0.4, -0.2) is 14.7 Å².